The van der Waals surface area contributed by atoms with Crippen LogP contribution >= 0.6 is 0 Å². The molecule has 1 unspecified atom stereocenters. The smallest absolute Gasteiger partial charge is 0.101 e. The number of furan rings is 1. The highest BCUT2D eigenvalue weighted by Gasteiger charge is 2.26. The highest BCUT2D eigenvalue weighted by Crippen LogP contribution is 2.36. The zero-order valence-corrected chi connectivity index (χ0v) is 7.42. The van der Waals surface area contributed by atoms with Crippen LogP contribution in [0.3, 0.4) is 0 Å². The number of aryl methyl sites for hydroxylation is 1. The van der Waals surface area contributed by atoms with Gasteiger partial charge in [-0.2, -0.15) is 0 Å². The Bertz CT molecular complexity index is 263. The third kappa shape index (κ3) is 1.27. The molecule has 1 saturated carbocycles. The van der Waals surface area contributed by atoms with Crippen molar-refractivity contribution in [1.29, 1.82) is 0 Å². The van der Waals surface area contributed by atoms with E-state index in [4.69, 9.17) is 10.2 Å². The third-order valence-electron chi connectivity index (χ3n) is 2.79. The number of hydrogen-bond donors (Lipinski definition) is 1. The van der Waals surface area contributed by atoms with Crippen LogP contribution < -0.4 is 5.73 Å². The van der Waals surface area contributed by atoms with Crippen LogP contribution in [0.5, 0.6) is 0 Å². The maximum Gasteiger partial charge on any atom is 0.101 e. The van der Waals surface area contributed by atoms with Gasteiger partial charge in [-0.25, -0.2) is 0 Å². The average Bonchev–Trinajstić information content (AvgIpc) is 2.31. The van der Waals surface area contributed by atoms with E-state index < -0.39 is 0 Å². The minimum absolute atomic E-state index is 0.205. The molecule has 1 fully saturated rings. The number of hydrogen-bond acceptors (Lipinski definition) is 2. The molecule has 1 aliphatic rings. The highest BCUT2D eigenvalue weighted by molar-refractivity contribution is 5.17. The van der Waals surface area contributed by atoms with Gasteiger partial charge in [0.05, 0.1) is 6.26 Å². The molecule has 0 spiro atoms. The predicted molar refractivity (Wildman–Crippen MR) is 47.7 cm³/mol. The van der Waals surface area contributed by atoms with Crippen LogP contribution in [0.4, 0.5) is 0 Å². The Hall–Kier alpha value is -0.760. The first-order chi connectivity index (χ1) is 5.77. The molecule has 1 atom stereocenters. The van der Waals surface area contributed by atoms with Crippen molar-refractivity contribution < 1.29 is 4.42 Å². The number of nitrogens with two attached hydrogens (primary N) is 1. The topological polar surface area (TPSA) is 39.2 Å². The van der Waals surface area contributed by atoms with Crippen LogP contribution in [0.25, 0.3) is 0 Å². The largest absolute Gasteiger partial charge is 0.469 e. The molecule has 0 radical (unpaired) electrons. The molecule has 12 heavy (non-hydrogen) atoms. The summed E-state index contributed by atoms with van der Waals surface area (Å²) in [4.78, 5) is 0. The third-order valence-corrected chi connectivity index (χ3v) is 2.79. The molecule has 1 aromatic rings. The normalized spacial score (nSPS) is 20.5. The molecule has 2 rings (SSSR count). The zero-order chi connectivity index (χ0) is 8.55. The lowest BCUT2D eigenvalue weighted by Crippen LogP contribution is -2.26. The fraction of sp³-hybridized carbons (Fsp3) is 0.600. The monoisotopic (exact) mass is 165 g/mol. The van der Waals surface area contributed by atoms with Crippen molar-refractivity contribution in [3.8, 4) is 0 Å². The Morgan fingerprint density at radius 1 is 1.58 bits per heavy atom. The van der Waals surface area contributed by atoms with E-state index >= 15 is 0 Å². The van der Waals surface area contributed by atoms with Gasteiger partial charge in [0.15, 0.2) is 0 Å². The van der Waals surface area contributed by atoms with E-state index in [9.17, 15) is 0 Å². The molecule has 66 valence electrons. The first-order valence-electron chi connectivity index (χ1n) is 4.58. The molecule has 2 nitrogen and oxygen atoms in total. The summed E-state index contributed by atoms with van der Waals surface area (Å²) in [5.41, 5.74) is 7.22. The quantitative estimate of drug-likeness (QED) is 0.730. The second kappa shape index (κ2) is 2.94. The summed E-state index contributed by atoms with van der Waals surface area (Å²) in [6, 6.07) is 2.25. The van der Waals surface area contributed by atoms with E-state index in [1.807, 2.05) is 13.0 Å². The summed E-state index contributed by atoms with van der Waals surface area (Å²) in [5, 5.41) is 0. The summed E-state index contributed by atoms with van der Waals surface area (Å²) in [6.45, 7) is 1.96. The molecule has 0 aromatic carbocycles. The van der Waals surface area contributed by atoms with Gasteiger partial charge in [-0.15, -0.1) is 0 Å². The first kappa shape index (κ1) is 7.87. The molecule has 1 heterocycles. The van der Waals surface area contributed by atoms with Crippen molar-refractivity contribution in [2.24, 2.45) is 11.7 Å². The minimum Gasteiger partial charge on any atom is -0.469 e. The van der Waals surface area contributed by atoms with Gasteiger partial charge in [-0.1, -0.05) is 6.42 Å². The molecule has 0 amide bonds. The molecule has 0 bridgehead atoms. The van der Waals surface area contributed by atoms with Crippen LogP contribution in [0.1, 0.15) is 36.6 Å². The Balaban J connectivity index is 2.08. The summed E-state index contributed by atoms with van der Waals surface area (Å²) in [5.74, 6) is 1.65. The van der Waals surface area contributed by atoms with Crippen molar-refractivity contribution in [1.82, 2.24) is 0 Å². The molecule has 0 aliphatic heterocycles. The maximum atomic E-state index is 6.05. The number of rotatable bonds is 2. The predicted octanol–water partition coefficient (Wildman–Crippen LogP) is 2.39. The van der Waals surface area contributed by atoms with Crippen molar-refractivity contribution in [3.05, 3.63) is 23.7 Å². The molecule has 1 aliphatic carbocycles. The zero-order valence-electron chi connectivity index (χ0n) is 7.42. The Morgan fingerprint density at radius 3 is 2.75 bits per heavy atom. The van der Waals surface area contributed by atoms with Crippen molar-refractivity contribution >= 4 is 0 Å². The van der Waals surface area contributed by atoms with Gasteiger partial charge in [-0.3, -0.25) is 0 Å². The molecule has 1 aromatic heterocycles. The average molecular weight is 165 g/mol. The summed E-state index contributed by atoms with van der Waals surface area (Å²) < 4.78 is 5.22. The lowest BCUT2D eigenvalue weighted by atomic mass is 9.78. The van der Waals surface area contributed by atoms with E-state index in [-0.39, 0.29) is 6.04 Å². The van der Waals surface area contributed by atoms with Gasteiger partial charge in [0.1, 0.15) is 5.76 Å². The summed E-state index contributed by atoms with van der Waals surface area (Å²) in [6.07, 6.45) is 5.70. The van der Waals surface area contributed by atoms with Crippen LogP contribution in [0.2, 0.25) is 0 Å². The molecule has 2 N–H and O–H groups in total. The molecular weight excluding hydrogens is 150 g/mol. The lowest BCUT2D eigenvalue weighted by Gasteiger charge is -2.30. The van der Waals surface area contributed by atoms with Gasteiger partial charge in [-0.05, 0) is 31.7 Å². The fourth-order valence-electron chi connectivity index (χ4n) is 1.71. The van der Waals surface area contributed by atoms with Gasteiger partial charge in [0.2, 0.25) is 0 Å². The Labute approximate surface area is 72.7 Å². The van der Waals surface area contributed by atoms with E-state index in [0.29, 0.717) is 5.92 Å². The van der Waals surface area contributed by atoms with Crippen LogP contribution in [0, 0.1) is 12.8 Å². The molecular formula is C10H15NO. The van der Waals surface area contributed by atoms with Gasteiger partial charge >= 0.3 is 0 Å². The Morgan fingerprint density at radius 2 is 2.33 bits per heavy atom. The van der Waals surface area contributed by atoms with E-state index in [2.05, 4.69) is 0 Å². The lowest BCUT2D eigenvalue weighted by molar-refractivity contribution is 0.263. The van der Waals surface area contributed by atoms with Crippen LogP contribution in [0.15, 0.2) is 16.7 Å². The van der Waals surface area contributed by atoms with E-state index in [1.165, 1.54) is 19.3 Å². The summed E-state index contributed by atoms with van der Waals surface area (Å²) >= 11 is 0. The Kier molecular flexibility index (Phi) is 1.93. The van der Waals surface area contributed by atoms with Crippen molar-refractivity contribution in [3.63, 3.8) is 0 Å². The van der Waals surface area contributed by atoms with Crippen LogP contribution in [-0.4, -0.2) is 0 Å². The SMILES string of the molecule is Cc1cc(C(N)C2CCC2)co1. The molecule has 2 heteroatoms. The van der Waals surface area contributed by atoms with E-state index in [1.54, 1.807) is 6.26 Å². The second-order valence-corrected chi connectivity index (χ2v) is 3.71. The standard InChI is InChI=1S/C10H15NO/c1-7-5-9(6-12-7)10(11)8-3-2-4-8/h5-6,8,10H,2-4,11H2,1H3. The minimum atomic E-state index is 0.205. The summed E-state index contributed by atoms with van der Waals surface area (Å²) in [7, 11) is 0. The first-order valence-corrected chi connectivity index (χ1v) is 4.58. The second-order valence-electron chi connectivity index (χ2n) is 3.71. The van der Waals surface area contributed by atoms with Crippen molar-refractivity contribution in [2.45, 2.75) is 32.2 Å². The fourth-order valence-corrected chi connectivity index (χ4v) is 1.71. The highest BCUT2D eigenvalue weighted by atomic mass is 16.3. The van der Waals surface area contributed by atoms with Crippen LogP contribution in [-0.2, 0) is 0 Å². The van der Waals surface area contributed by atoms with E-state index in [0.717, 1.165) is 11.3 Å². The molecule has 0 saturated heterocycles. The van der Waals surface area contributed by atoms with Gasteiger partial charge in [0.25, 0.3) is 0 Å². The van der Waals surface area contributed by atoms with Gasteiger partial charge in [0, 0.05) is 11.6 Å². The maximum absolute atomic E-state index is 6.05. The van der Waals surface area contributed by atoms with Gasteiger partial charge < -0.3 is 10.2 Å². The van der Waals surface area contributed by atoms with Crippen molar-refractivity contribution in [2.75, 3.05) is 0 Å².